The van der Waals surface area contributed by atoms with Crippen LogP contribution in [0, 0.1) is 0 Å². The van der Waals surface area contributed by atoms with Crippen molar-refractivity contribution in [3.8, 4) is 0 Å². The summed E-state index contributed by atoms with van der Waals surface area (Å²) in [6.45, 7) is -1.52. The van der Waals surface area contributed by atoms with E-state index in [1.54, 1.807) is 0 Å². The Bertz CT molecular complexity index is 946. The minimum Gasteiger partial charge on any atom is -0.394 e. The van der Waals surface area contributed by atoms with Gasteiger partial charge in [-0.2, -0.15) is 0 Å². The van der Waals surface area contributed by atoms with E-state index in [0.29, 0.717) is 0 Å². The summed E-state index contributed by atoms with van der Waals surface area (Å²) in [5.41, 5.74) is 0. The standard InChI is InChI=1S/C24H38O19/c25-1-5-9(27)18(12(30)21(34)37-5)42-24-15(33)20-16(8(40-24)4-36-20)41-23-14(32)19(10(28)6(2-26)38-23)43-22-13(31)17-11(29)7(39-22)3-35-17/h5-34H,1-4H2/t5-,6-,7+,8+,9-,10+,11-,12-,13+,14-,15+,16-,17-,18+,19+,20+,21+,22+,23+,24+/m1/s1. The highest BCUT2D eigenvalue weighted by molar-refractivity contribution is 5.01. The topological polar surface area (TPSA) is 285 Å². The van der Waals surface area contributed by atoms with Gasteiger partial charge in [-0.15, -0.1) is 0 Å². The lowest BCUT2D eigenvalue weighted by molar-refractivity contribution is -0.372. The quantitative estimate of drug-likeness (QED) is 0.119. The van der Waals surface area contributed by atoms with E-state index in [2.05, 4.69) is 0 Å². The minimum absolute atomic E-state index is 0.000819. The predicted octanol–water partition coefficient (Wildman–Crippen LogP) is -7.66. The van der Waals surface area contributed by atoms with E-state index in [-0.39, 0.29) is 13.2 Å². The predicted molar refractivity (Wildman–Crippen MR) is 127 cm³/mol. The van der Waals surface area contributed by atoms with Crippen LogP contribution in [0.3, 0.4) is 0 Å². The lowest BCUT2D eigenvalue weighted by Gasteiger charge is -2.47. The molecule has 0 aromatic rings. The Kier molecular flexibility index (Phi) is 9.58. The van der Waals surface area contributed by atoms with E-state index in [1.807, 2.05) is 0 Å². The van der Waals surface area contributed by atoms with Crippen molar-refractivity contribution in [2.24, 2.45) is 0 Å². The summed E-state index contributed by atoms with van der Waals surface area (Å²) in [7, 11) is 0. The maximum atomic E-state index is 11.1. The van der Waals surface area contributed by atoms with E-state index in [4.69, 9.17) is 42.6 Å². The third kappa shape index (κ3) is 5.73. The highest BCUT2D eigenvalue weighted by Gasteiger charge is 2.58. The van der Waals surface area contributed by atoms with Gasteiger partial charge in [0.15, 0.2) is 25.2 Å². The first-order valence-electron chi connectivity index (χ1n) is 14.0. The molecule has 0 radical (unpaired) electrons. The fraction of sp³-hybridized carbons (Fsp3) is 1.00. The molecular formula is C24H38O19. The smallest absolute Gasteiger partial charge is 0.187 e. The maximum Gasteiger partial charge on any atom is 0.187 e. The number of aliphatic hydroxyl groups is 10. The van der Waals surface area contributed by atoms with Gasteiger partial charge in [0.1, 0.15) is 97.7 Å². The van der Waals surface area contributed by atoms with Gasteiger partial charge in [0.05, 0.1) is 26.4 Å². The molecule has 19 nitrogen and oxygen atoms in total. The second-order valence-electron chi connectivity index (χ2n) is 11.4. The highest BCUT2D eigenvalue weighted by atomic mass is 16.8. The van der Waals surface area contributed by atoms with Gasteiger partial charge >= 0.3 is 0 Å². The molecule has 6 fully saturated rings. The van der Waals surface area contributed by atoms with Crippen molar-refractivity contribution in [1.82, 2.24) is 0 Å². The van der Waals surface area contributed by atoms with Gasteiger partial charge in [-0.25, -0.2) is 0 Å². The molecule has 20 atom stereocenters. The fourth-order valence-electron chi connectivity index (χ4n) is 6.28. The zero-order valence-corrected chi connectivity index (χ0v) is 22.5. The Labute approximate surface area is 243 Å². The van der Waals surface area contributed by atoms with Crippen molar-refractivity contribution in [3.63, 3.8) is 0 Å². The summed E-state index contributed by atoms with van der Waals surface area (Å²) in [6, 6.07) is 0. The molecule has 0 unspecified atom stereocenters. The van der Waals surface area contributed by atoms with Crippen molar-refractivity contribution in [3.05, 3.63) is 0 Å². The third-order valence-corrected chi connectivity index (χ3v) is 8.70. The molecule has 0 aromatic carbocycles. The molecule has 0 aromatic heterocycles. The molecule has 19 heteroatoms. The van der Waals surface area contributed by atoms with Crippen LogP contribution < -0.4 is 0 Å². The molecule has 0 saturated carbocycles. The van der Waals surface area contributed by atoms with Crippen LogP contribution in [0.4, 0.5) is 0 Å². The SMILES string of the molecule is OC[C@H]1O[C@@H](O[C@H]2[C@H]3OC[C@@H]2O[C@@H](O[C@@H]2[C@@H](O)[C@@H](O)O[C@H](CO)[C@H]2O)[C@H]3O)[C@H](O)[C@@H](O[C@@H]2O[C@H]3CO[C@@H]([C@@H]2O)[C@@H]3O)[C@H]1O. The summed E-state index contributed by atoms with van der Waals surface area (Å²) in [5, 5.41) is 103. The Morgan fingerprint density at radius 1 is 0.465 bits per heavy atom. The zero-order valence-electron chi connectivity index (χ0n) is 22.5. The number of aliphatic hydroxyl groups excluding tert-OH is 10. The first-order valence-corrected chi connectivity index (χ1v) is 14.0. The highest BCUT2D eigenvalue weighted by Crippen LogP contribution is 2.38. The molecule has 0 amide bonds. The second-order valence-corrected chi connectivity index (χ2v) is 11.4. The van der Waals surface area contributed by atoms with Gasteiger partial charge in [0.25, 0.3) is 0 Å². The first-order chi connectivity index (χ1) is 20.5. The number of hydrogen-bond donors (Lipinski definition) is 10. The average Bonchev–Trinajstić information content (AvgIpc) is 3.45. The number of rotatable bonds is 8. The second kappa shape index (κ2) is 12.8. The van der Waals surface area contributed by atoms with Crippen LogP contribution in [0.2, 0.25) is 0 Å². The van der Waals surface area contributed by atoms with Crippen LogP contribution in [-0.4, -0.2) is 200 Å². The maximum absolute atomic E-state index is 11.1. The average molecular weight is 631 g/mol. The molecule has 6 aliphatic rings. The number of fused-ring (bicyclic) bond motifs is 4. The van der Waals surface area contributed by atoms with Crippen LogP contribution in [-0.2, 0) is 42.6 Å². The largest absolute Gasteiger partial charge is 0.394 e. The minimum atomic E-state index is -1.79. The third-order valence-electron chi connectivity index (χ3n) is 8.70. The molecule has 6 aliphatic heterocycles. The monoisotopic (exact) mass is 630 g/mol. The molecule has 4 bridgehead atoms. The van der Waals surface area contributed by atoms with Crippen LogP contribution >= 0.6 is 0 Å². The van der Waals surface area contributed by atoms with E-state index >= 15 is 0 Å². The van der Waals surface area contributed by atoms with Gasteiger partial charge in [-0.1, -0.05) is 0 Å². The van der Waals surface area contributed by atoms with Crippen molar-refractivity contribution >= 4 is 0 Å². The van der Waals surface area contributed by atoms with E-state index in [1.165, 1.54) is 0 Å². The van der Waals surface area contributed by atoms with Crippen molar-refractivity contribution in [2.75, 3.05) is 26.4 Å². The Morgan fingerprint density at radius 3 is 1.60 bits per heavy atom. The van der Waals surface area contributed by atoms with Crippen molar-refractivity contribution in [1.29, 1.82) is 0 Å². The van der Waals surface area contributed by atoms with Gasteiger partial charge in [-0.05, 0) is 0 Å². The fourth-order valence-corrected chi connectivity index (χ4v) is 6.28. The van der Waals surface area contributed by atoms with E-state index < -0.39 is 136 Å². The van der Waals surface area contributed by atoms with Crippen LogP contribution in [0.25, 0.3) is 0 Å². The Balaban J connectivity index is 1.12. The van der Waals surface area contributed by atoms with Crippen molar-refractivity contribution in [2.45, 2.75) is 123 Å². The molecule has 0 spiro atoms. The lowest BCUT2D eigenvalue weighted by Crippen LogP contribution is -2.65. The summed E-state index contributed by atoms with van der Waals surface area (Å²) in [5.74, 6) is 0. The molecule has 10 N–H and O–H groups in total. The first kappa shape index (κ1) is 32.2. The zero-order chi connectivity index (χ0) is 30.7. The van der Waals surface area contributed by atoms with Gasteiger partial charge in [-0.3, -0.25) is 0 Å². The summed E-state index contributed by atoms with van der Waals surface area (Å²) >= 11 is 0. The Hall–Kier alpha value is -0.760. The summed E-state index contributed by atoms with van der Waals surface area (Å²) < 4.78 is 50.0. The molecular weight excluding hydrogens is 592 g/mol. The van der Waals surface area contributed by atoms with Gasteiger partial charge < -0.3 is 93.7 Å². The lowest BCUT2D eigenvalue weighted by atomic mass is 9.96. The summed E-state index contributed by atoms with van der Waals surface area (Å²) in [4.78, 5) is 0. The molecule has 6 heterocycles. The molecule has 0 aliphatic carbocycles. The molecule has 248 valence electrons. The number of ether oxygens (including phenoxy) is 9. The Morgan fingerprint density at radius 2 is 0.953 bits per heavy atom. The van der Waals surface area contributed by atoms with Gasteiger partial charge in [0, 0.05) is 0 Å². The van der Waals surface area contributed by atoms with E-state index in [0.717, 1.165) is 0 Å². The van der Waals surface area contributed by atoms with Crippen LogP contribution in [0.5, 0.6) is 0 Å². The van der Waals surface area contributed by atoms with E-state index in [9.17, 15) is 51.1 Å². The number of hydrogen-bond acceptors (Lipinski definition) is 19. The van der Waals surface area contributed by atoms with Crippen LogP contribution in [0.1, 0.15) is 0 Å². The molecule has 6 rings (SSSR count). The normalized spacial score (nSPS) is 56.8. The van der Waals surface area contributed by atoms with Crippen molar-refractivity contribution < 1.29 is 93.7 Å². The van der Waals surface area contributed by atoms with Crippen LogP contribution in [0.15, 0.2) is 0 Å². The van der Waals surface area contributed by atoms with Gasteiger partial charge in [0.2, 0.25) is 0 Å². The summed E-state index contributed by atoms with van der Waals surface area (Å²) in [6.07, 6.45) is -27.7. The molecule has 43 heavy (non-hydrogen) atoms. The molecule has 6 saturated heterocycles.